The second-order valence-electron chi connectivity index (χ2n) is 9.68. The summed E-state index contributed by atoms with van der Waals surface area (Å²) in [4.78, 5) is 23.9. The molecular formula is C23H30F2O4. The molecule has 4 rings (SSSR count). The fourth-order valence-electron chi connectivity index (χ4n) is 7.13. The Morgan fingerprint density at radius 3 is 2.79 bits per heavy atom. The van der Waals surface area contributed by atoms with E-state index in [-0.39, 0.29) is 42.3 Å². The summed E-state index contributed by atoms with van der Waals surface area (Å²) < 4.78 is 34.9. The molecular weight excluding hydrogens is 378 g/mol. The number of halogens is 2. The summed E-state index contributed by atoms with van der Waals surface area (Å²) in [5, 5.41) is 11.2. The zero-order chi connectivity index (χ0) is 21.1. The topological polar surface area (TPSA) is 63.6 Å². The Bertz CT molecular complexity index is 775. The third-order valence-electron chi connectivity index (χ3n) is 8.31. The standard InChI is InChI=1S/C23H30F2O4/c1-4-18(28)29-20-12(2)9-16-15-6-5-13-10-14(26)7-8-22(13,3)19(15)17(27)11-23(16,20)21(24)25/h7-8,10,12,15-17,19-21,27H,4-6,9,11H2,1-3H3/t12-,15+,16+,17+,19-,20-,22+,23-/m1/s1. The van der Waals surface area contributed by atoms with Crippen molar-refractivity contribution in [2.75, 3.05) is 0 Å². The van der Waals surface area contributed by atoms with Gasteiger partial charge in [0.25, 0.3) is 0 Å². The van der Waals surface area contributed by atoms with Crippen LogP contribution in [0.4, 0.5) is 8.78 Å². The highest BCUT2D eigenvalue weighted by Gasteiger charge is 2.69. The number of carbonyl (C=O) groups excluding carboxylic acids is 2. The van der Waals surface area contributed by atoms with Crippen LogP contribution in [0.1, 0.15) is 52.9 Å². The fourth-order valence-corrected chi connectivity index (χ4v) is 7.13. The first kappa shape index (κ1) is 20.7. The minimum Gasteiger partial charge on any atom is -0.461 e. The highest BCUT2D eigenvalue weighted by Crippen LogP contribution is 2.67. The molecule has 4 aliphatic carbocycles. The van der Waals surface area contributed by atoms with Crippen LogP contribution in [0.3, 0.4) is 0 Å². The molecule has 0 amide bonds. The molecule has 0 bridgehead atoms. The van der Waals surface area contributed by atoms with E-state index in [0.717, 1.165) is 5.57 Å². The summed E-state index contributed by atoms with van der Waals surface area (Å²) in [6, 6.07) is 0. The Labute approximate surface area is 170 Å². The Morgan fingerprint density at radius 2 is 2.14 bits per heavy atom. The van der Waals surface area contributed by atoms with Crippen molar-refractivity contribution in [3.63, 3.8) is 0 Å². The van der Waals surface area contributed by atoms with Gasteiger partial charge in [0, 0.05) is 17.8 Å². The summed E-state index contributed by atoms with van der Waals surface area (Å²) in [5.74, 6) is -1.32. The Hall–Kier alpha value is -1.56. The van der Waals surface area contributed by atoms with Crippen molar-refractivity contribution in [2.24, 2.45) is 34.5 Å². The number of ether oxygens (including phenoxy) is 1. The molecule has 4 aliphatic rings. The molecule has 0 aromatic rings. The Kier molecular flexibility index (Phi) is 5.00. The maximum Gasteiger partial charge on any atom is 0.305 e. The highest BCUT2D eigenvalue weighted by molar-refractivity contribution is 6.01. The van der Waals surface area contributed by atoms with Crippen LogP contribution < -0.4 is 0 Å². The van der Waals surface area contributed by atoms with E-state index in [1.807, 2.05) is 19.9 Å². The van der Waals surface area contributed by atoms with E-state index >= 15 is 0 Å². The monoisotopic (exact) mass is 408 g/mol. The lowest BCUT2D eigenvalue weighted by atomic mass is 9.47. The van der Waals surface area contributed by atoms with Gasteiger partial charge in [-0.1, -0.05) is 32.4 Å². The van der Waals surface area contributed by atoms with Crippen LogP contribution in [0.15, 0.2) is 23.8 Å². The number of fused-ring (bicyclic) bond motifs is 5. The zero-order valence-corrected chi connectivity index (χ0v) is 17.2. The predicted molar refractivity (Wildman–Crippen MR) is 103 cm³/mol. The lowest BCUT2D eigenvalue weighted by Gasteiger charge is -2.58. The number of aliphatic hydroxyl groups excluding tert-OH is 1. The van der Waals surface area contributed by atoms with Crippen LogP contribution in [-0.2, 0) is 14.3 Å². The molecule has 3 fully saturated rings. The minimum atomic E-state index is -2.67. The largest absolute Gasteiger partial charge is 0.461 e. The molecule has 6 heteroatoms. The third-order valence-corrected chi connectivity index (χ3v) is 8.31. The van der Waals surface area contributed by atoms with Crippen LogP contribution in [0.2, 0.25) is 0 Å². The third kappa shape index (κ3) is 2.85. The van der Waals surface area contributed by atoms with E-state index in [0.29, 0.717) is 19.3 Å². The van der Waals surface area contributed by atoms with Gasteiger partial charge in [-0.05, 0) is 55.6 Å². The van der Waals surface area contributed by atoms with Gasteiger partial charge in [-0.25, -0.2) is 8.78 Å². The van der Waals surface area contributed by atoms with Gasteiger partial charge in [-0.15, -0.1) is 0 Å². The minimum absolute atomic E-state index is 0.0517. The van der Waals surface area contributed by atoms with Crippen molar-refractivity contribution in [2.45, 2.75) is 71.5 Å². The number of hydrogen-bond acceptors (Lipinski definition) is 4. The SMILES string of the molecule is CCC(=O)O[C@@H]1[C@H](C)C[C@H]2[C@@H]3CCC4=CC(=O)C=C[C@]4(C)[C@H]3[C@@H](O)C[C@]12C(F)F. The Morgan fingerprint density at radius 1 is 1.41 bits per heavy atom. The van der Waals surface area contributed by atoms with Crippen molar-refractivity contribution in [1.82, 2.24) is 0 Å². The first-order valence-electron chi connectivity index (χ1n) is 10.7. The summed E-state index contributed by atoms with van der Waals surface area (Å²) >= 11 is 0. The lowest BCUT2D eigenvalue weighted by Crippen LogP contribution is -2.60. The molecule has 0 saturated heterocycles. The van der Waals surface area contributed by atoms with Gasteiger partial charge in [0.1, 0.15) is 6.10 Å². The molecule has 1 N–H and O–H groups in total. The number of esters is 1. The normalized spacial score (nSPS) is 46.0. The van der Waals surface area contributed by atoms with E-state index in [9.17, 15) is 23.5 Å². The fraction of sp³-hybridized carbons (Fsp3) is 0.739. The second-order valence-corrected chi connectivity index (χ2v) is 9.68. The molecule has 0 heterocycles. The Balaban J connectivity index is 1.75. The van der Waals surface area contributed by atoms with Gasteiger partial charge in [0.05, 0.1) is 11.5 Å². The summed E-state index contributed by atoms with van der Waals surface area (Å²) in [7, 11) is 0. The molecule has 0 aliphatic heterocycles. The number of alkyl halides is 2. The van der Waals surface area contributed by atoms with Gasteiger partial charge < -0.3 is 9.84 Å². The van der Waals surface area contributed by atoms with Gasteiger partial charge in [-0.2, -0.15) is 0 Å². The van der Waals surface area contributed by atoms with E-state index in [2.05, 4.69) is 0 Å². The van der Waals surface area contributed by atoms with Gasteiger partial charge in [-0.3, -0.25) is 9.59 Å². The molecule has 8 atom stereocenters. The second kappa shape index (κ2) is 7.00. The van der Waals surface area contributed by atoms with Crippen molar-refractivity contribution in [3.8, 4) is 0 Å². The van der Waals surface area contributed by atoms with E-state index in [1.54, 1.807) is 13.0 Å². The molecule has 160 valence electrons. The number of allylic oxidation sites excluding steroid dienone is 4. The van der Waals surface area contributed by atoms with Crippen LogP contribution in [-0.4, -0.2) is 35.5 Å². The number of hydrogen-bond donors (Lipinski definition) is 1. The summed E-state index contributed by atoms with van der Waals surface area (Å²) in [6.45, 7) is 5.56. The molecule has 0 unspecified atom stereocenters. The highest BCUT2D eigenvalue weighted by atomic mass is 19.3. The van der Waals surface area contributed by atoms with Crippen molar-refractivity contribution in [3.05, 3.63) is 23.8 Å². The van der Waals surface area contributed by atoms with E-state index in [1.165, 1.54) is 6.08 Å². The van der Waals surface area contributed by atoms with Crippen molar-refractivity contribution >= 4 is 11.8 Å². The van der Waals surface area contributed by atoms with Crippen LogP contribution in [0.5, 0.6) is 0 Å². The first-order chi connectivity index (χ1) is 13.6. The van der Waals surface area contributed by atoms with Crippen LogP contribution in [0.25, 0.3) is 0 Å². The van der Waals surface area contributed by atoms with Crippen molar-refractivity contribution in [1.29, 1.82) is 0 Å². The maximum atomic E-state index is 14.7. The number of ketones is 1. The molecule has 29 heavy (non-hydrogen) atoms. The predicted octanol–water partition coefficient (Wildman–Crippen LogP) is 4.08. The van der Waals surface area contributed by atoms with E-state index < -0.39 is 35.4 Å². The average molecular weight is 408 g/mol. The summed E-state index contributed by atoms with van der Waals surface area (Å²) in [5.41, 5.74) is -1.00. The molecule has 0 spiro atoms. The number of carbonyl (C=O) groups is 2. The molecule has 0 aromatic carbocycles. The first-order valence-corrected chi connectivity index (χ1v) is 10.7. The molecule has 4 nitrogen and oxygen atoms in total. The van der Waals surface area contributed by atoms with Crippen LogP contribution >= 0.6 is 0 Å². The van der Waals surface area contributed by atoms with Gasteiger partial charge >= 0.3 is 5.97 Å². The summed E-state index contributed by atoms with van der Waals surface area (Å²) in [6.07, 6.45) is 2.56. The lowest BCUT2D eigenvalue weighted by molar-refractivity contribution is -0.205. The molecule has 0 radical (unpaired) electrons. The zero-order valence-electron chi connectivity index (χ0n) is 17.2. The van der Waals surface area contributed by atoms with Crippen LogP contribution in [0, 0.1) is 34.5 Å². The van der Waals surface area contributed by atoms with Crippen molar-refractivity contribution < 1.29 is 28.2 Å². The molecule has 0 aromatic heterocycles. The number of aliphatic hydroxyl groups is 1. The van der Waals surface area contributed by atoms with Gasteiger partial charge in [0.2, 0.25) is 6.43 Å². The van der Waals surface area contributed by atoms with E-state index in [4.69, 9.17) is 4.74 Å². The average Bonchev–Trinajstić information content (AvgIpc) is 2.95. The molecule has 3 saturated carbocycles. The smallest absolute Gasteiger partial charge is 0.305 e. The van der Waals surface area contributed by atoms with Gasteiger partial charge in [0.15, 0.2) is 5.78 Å². The maximum absolute atomic E-state index is 14.7. The number of rotatable bonds is 3. The quantitative estimate of drug-likeness (QED) is 0.715.